The number of ether oxygens (including phenoxy) is 1. The molecule has 2 atom stereocenters. The summed E-state index contributed by atoms with van der Waals surface area (Å²) in [7, 11) is 0. The number of rotatable bonds is 11. The maximum absolute atomic E-state index is 13.9. The van der Waals surface area contributed by atoms with Gasteiger partial charge in [0.1, 0.15) is 30.3 Å². The number of carboxylic acid groups (broad SMARTS) is 1. The van der Waals surface area contributed by atoms with E-state index in [0.717, 1.165) is 60.1 Å². The summed E-state index contributed by atoms with van der Waals surface area (Å²) in [6.07, 6.45) is -0.455. The van der Waals surface area contributed by atoms with E-state index in [0.29, 0.717) is 11.6 Å². The van der Waals surface area contributed by atoms with E-state index in [4.69, 9.17) is 4.74 Å². The number of hydrogen-bond donors (Lipinski definition) is 2. The number of benzene rings is 4. The number of alkyl halides is 3. The van der Waals surface area contributed by atoms with Crippen molar-refractivity contribution in [3.8, 4) is 16.9 Å². The van der Waals surface area contributed by atoms with E-state index in [1.54, 1.807) is 18.2 Å². The molecule has 0 aromatic heterocycles. The molecule has 11 heteroatoms. The first-order chi connectivity index (χ1) is 24.4. The molecule has 0 radical (unpaired) electrons. The predicted octanol–water partition coefficient (Wildman–Crippen LogP) is 7.74. The second kappa shape index (κ2) is 15.4. The van der Waals surface area contributed by atoms with Crippen LogP contribution in [0.3, 0.4) is 0 Å². The Morgan fingerprint density at radius 1 is 0.882 bits per heavy atom. The van der Waals surface area contributed by atoms with Crippen molar-refractivity contribution in [2.75, 3.05) is 0 Å². The lowest BCUT2D eigenvalue weighted by molar-refractivity contribution is -0.145. The standard InChI is InChI=1S/C40H38F4N2O5/c41-32-16-14-30(34(22-32)40(42,43)44)24-51-33-17-15-29-21-36(46(23-31(29)20-33)37(47)19-25-6-4-5-7-25)38(48)45-35(39(49)50)18-26-10-12-28(13-11-26)27-8-2-1-3-9-27/h1-3,8-17,20,22,25,35-36H,4-7,18-19,21,23-24H2,(H,45,48)(H,49,50)/t35?,36-/m0/s1. The third kappa shape index (κ3) is 8.76. The Kier molecular flexibility index (Phi) is 10.7. The van der Waals surface area contributed by atoms with Crippen LogP contribution in [0.4, 0.5) is 17.6 Å². The van der Waals surface area contributed by atoms with E-state index in [1.165, 1.54) is 4.90 Å². The second-order valence-corrected chi connectivity index (χ2v) is 13.3. The smallest absolute Gasteiger partial charge is 0.416 e. The van der Waals surface area contributed by atoms with Crippen LogP contribution in [0, 0.1) is 11.7 Å². The van der Waals surface area contributed by atoms with E-state index < -0.39 is 48.1 Å². The fourth-order valence-electron chi connectivity index (χ4n) is 6.99. The summed E-state index contributed by atoms with van der Waals surface area (Å²) < 4.78 is 59.9. The molecule has 0 bridgehead atoms. The topological polar surface area (TPSA) is 95.9 Å². The molecule has 0 saturated heterocycles. The van der Waals surface area contributed by atoms with Crippen LogP contribution < -0.4 is 10.1 Å². The molecular weight excluding hydrogens is 664 g/mol. The number of nitrogens with one attached hydrogen (secondary N) is 1. The van der Waals surface area contributed by atoms with Gasteiger partial charge in [-0.2, -0.15) is 13.2 Å². The highest BCUT2D eigenvalue weighted by atomic mass is 19.4. The highest BCUT2D eigenvalue weighted by Gasteiger charge is 2.38. The zero-order valence-electron chi connectivity index (χ0n) is 27.8. The molecule has 2 amide bonds. The molecule has 1 saturated carbocycles. The lowest BCUT2D eigenvalue weighted by Crippen LogP contribution is -2.56. The molecule has 1 aliphatic carbocycles. The lowest BCUT2D eigenvalue weighted by Gasteiger charge is -2.37. The Morgan fingerprint density at radius 3 is 2.27 bits per heavy atom. The molecular formula is C40H38F4N2O5. The number of carbonyl (C=O) groups excluding carboxylic acids is 2. The van der Waals surface area contributed by atoms with Gasteiger partial charge in [-0.1, -0.05) is 79.6 Å². The minimum Gasteiger partial charge on any atom is -0.489 e. The van der Waals surface area contributed by atoms with Gasteiger partial charge in [0.05, 0.1) is 5.56 Å². The van der Waals surface area contributed by atoms with Crippen LogP contribution in [0.5, 0.6) is 5.75 Å². The van der Waals surface area contributed by atoms with Crippen LogP contribution >= 0.6 is 0 Å². The minimum absolute atomic E-state index is 0.0409. The number of nitrogens with zero attached hydrogens (tertiary/aromatic N) is 1. The van der Waals surface area contributed by atoms with Crippen LogP contribution in [0.1, 0.15) is 59.9 Å². The Bertz CT molecular complexity index is 1870. The number of aliphatic carboxylic acids is 1. The molecule has 4 aromatic carbocycles. The van der Waals surface area contributed by atoms with Crippen LogP contribution in [0.25, 0.3) is 11.1 Å². The van der Waals surface area contributed by atoms with Crippen LogP contribution in [-0.2, 0) is 46.6 Å². The van der Waals surface area contributed by atoms with E-state index in [-0.39, 0.29) is 48.9 Å². The molecule has 51 heavy (non-hydrogen) atoms. The molecule has 266 valence electrons. The molecule has 1 heterocycles. The Hall–Kier alpha value is -5.19. The summed E-state index contributed by atoms with van der Waals surface area (Å²) in [6, 6.07) is 22.3. The van der Waals surface area contributed by atoms with Gasteiger partial charge in [0, 0.05) is 31.4 Å². The molecule has 4 aromatic rings. The molecule has 1 fully saturated rings. The summed E-state index contributed by atoms with van der Waals surface area (Å²) in [5.41, 5.74) is 2.76. The molecule has 1 unspecified atom stereocenters. The third-order valence-corrected chi connectivity index (χ3v) is 9.76. The van der Waals surface area contributed by atoms with Crippen molar-refractivity contribution in [3.63, 3.8) is 0 Å². The van der Waals surface area contributed by atoms with Crippen LogP contribution in [-0.4, -0.2) is 39.9 Å². The number of fused-ring (bicyclic) bond motifs is 1. The summed E-state index contributed by atoms with van der Waals surface area (Å²) in [5, 5.41) is 12.8. The molecule has 0 spiro atoms. The summed E-state index contributed by atoms with van der Waals surface area (Å²) in [4.78, 5) is 41.4. The fraction of sp³-hybridized carbons (Fsp3) is 0.325. The molecule has 6 rings (SSSR count). The number of halogens is 4. The van der Waals surface area contributed by atoms with Crippen molar-refractivity contribution in [1.29, 1.82) is 0 Å². The van der Waals surface area contributed by atoms with Gasteiger partial charge in [-0.15, -0.1) is 0 Å². The van der Waals surface area contributed by atoms with Crippen molar-refractivity contribution >= 4 is 17.8 Å². The van der Waals surface area contributed by atoms with Crippen molar-refractivity contribution < 1.29 is 41.8 Å². The quantitative estimate of drug-likeness (QED) is 0.156. The average molecular weight is 703 g/mol. The normalized spacial score (nSPS) is 16.7. The second-order valence-electron chi connectivity index (χ2n) is 13.3. The number of carbonyl (C=O) groups is 3. The maximum atomic E-state index is 13.9. The average Bonchev–Trinajstić information content (AvgIpc) is 3.63. The minimum atomic E-state index is -4.76. The van der Waals surface area contributed by atoms with E-state index in [2.05, 4.69) is 5.32 Å². The summed E-state index contributed by atoms with van der Waals surface area (Å²) in [5.74, 6) is -2.56. The maximum Gasteiger partial charge on any atom is 0.416 e. The van der Waals surface area contributed by atoms with Gasteiger partial charge in [0.15, 0.2) is 0 Å². The largest absolute Gasteiger partial charge is 0.489 e. The SMILES string of the molecule is O=C(O)C(Cc1ccc(-c2ccccc2)cc1)NC(=O)[C@@H]1Cc2ccc(OCc3ccc(F)cc3C(F)(F)F)cc2CN1C(=O)CC1CCCC1. The van der Waals surface area contributed by atoms with E-state index in [1.807, 2.05) is 54.6 Å². The van der Waals surface area contributed by atoms with Crippen molar-refractivity contribution in [1.82, 2.24) is 10.2 Å². The van der Waals surface area contributed by atoms with Crippen molar-refractivity contribution in [2.45, 2.75) is 76.4 Å². The van der Waals surface area contributed by atoms with Gasteiger partial charge in [0.25, 0.3) is 0 Å². The van der Waals surface area contributed by atoms with Gasteiger partial charge >= 0.3 is 12.1 Å². The van der Waals surface area contributed by atoms with E-state index >= 15 is 0 Å². The first-order valence-electron chi connectivity index (χ1n) is 17.0. The fourth-order valence-corrected chi connectivity index (χ4v) is 6.99. The van der Waals surface area contributed by atoms with Gasteiger partial charge in [-0.05, 0) is 70.8 Å². The van der Waals surface area contributed by atoms with Crippen LogP contribution in [0.15, 0.2) is 91.0 Å². The van der Waals surface area contributed by atoms with Gasteiger partial charge < -0.3 is 20.1 Å². The molecule has 2 N–H and O–H groups in total. The molecule has 1 aliphatic heterocycles. The molecule has 2 aliphatic rings. The number of hydrogen-bond acceptors (Lipinski definition) is 4. The summed E-state index contributed by atoms with van der Waals surface area (Å²) in [6.45, 7) is -0.423. The first-order valence-corrected chi connectivity index (χ1v) is 17.0. The van der Waals surface area contributed by atoms with Crippen molar-refractivity contribution in [2.24, 2.45) is 5.92 Å². The third-order valence-electron chi connectivity index (χ3n) is 9.76. The van der Waals surface area contributed by atoms with Gasteiger partial charge in [-0.3, -0.25) is 9.59 Å². The highest BCUT2D eigenvalue weighted by molar-refractivity contribution is 5.91. The van der Waals surface area contributed by atoms with Gasteiger partial charge in [0.2, 0.25) is 11.8 Å². The number of amides is 2. The van der Waals surface area contributed by atoms with Crippen molar-refractivity contribution in [3.05, 3.63) is 125 Å². The Labute approximate surface area is 293 Å². The zero-order chi connectivity index (χ0) is 36.1. The predicted molar refractivity (Wildman–Crippen MR) is 182 cm³/mol. The number of carboxylic acids is 1. The Morgan fingerprint density at radius 2 is 1.59 bits per heavy atom. The zero-order valence-corrected chi connectivity index (χ0v) is 27.8. The van der Waals surface area contributed by atoms with Crippen LogP contribution in [0.2, 0.25) is 0 Å². The summed E-state index contributed by atoms with van der Waals surface area (Å²) >= 11 is 0. The monoisotopic (exact) mass is 702 g/mol. The molecule has 7 nitrogen and oxygen atoms in total. The highest BCUT2D eigenvalue weighted by Crippen LogP contribution is 2.35. The Balaban J connectivity index is 1.19. The van der Waals surface area contributed by atoms with Gasteiger partial charge in [-0.25, -0.2) is 9.18 Å². The lowest BCUT2D eigenvalue weighted by atomic mass is 9.91. The van der Waals surface area contributed by atoms with E-state index in [9.17, 15) is 37.1 Å². The first kappa shape index (κ1) is 35.6.